The molecule has 0 radical (unpaired) electrons. The number of benzene rings is 2. The van der Waals surface area contributed by atoms with E-state index in [1.54, 1.807) is 6.21 Å². The molecule has 4 rings (SSSR count). The normalized spacial score (nSPS) is 12.3. The first-order valence-corrected chi connectivity index (χ1v) is 10.9. The Hall–Kier alpha value is -3.25. The maximum Gasteiger partial charge on any atom is 0.345 e. The Morgan fingerprint density at radius 3 is 2.77 bits per heavy atom. The molecule has 0 N–H and O–H groups in total. The van der Waals surface area contributed by atoms with Crippen LogP contribution in [-0.2, 0) is 6.54 Å². The second-order valence-electron chi connectivity index (χ2n) is 7.15. The zero-order valence-corrected chi connectivity index (χ0v) is 17.9. The number of fused-ring (bicyclic) bond motifs is 1. The van der Waals surface area contributed by atoms with Crippen molar-refractivity contribution in [2.45, 2.75) is 33.2 Å². The third kappa shape index (κ3) is 4.33. The molecule has 0 atom stereocenters. The van der Waals surface area contributed by atoms with Crippen LogP contribution in [0.3, 0.4) is 0 Å². The second-order valence-corrected chi connectivity index (χ2v) is 7.99. The average Bonchev–Trinajstić information content (AvgIpc) is 3.15. The number of aromatic nitrogens is 1. The Bertz CT molecular complexity index is 1310. The van der Waals surface area contributed by atoms with Crippen molar-refractivity contribution in [2.75, 3.05) is 0 Å². The molecule has 152 valence electrons. The number of rotatable bonds is 6. The fourth-order valence-electron chi connectivity index (χ4n) is 3.26. The number of hydrogen-bond acceptors (Lipinski definition) is 5. The van der Waals surface area contributed by atoms with E-state index in [0.717, 1.165) is 46.4 Å². The van der Waals surface area contributed by atoms with Gasteiger partial charge in [-0.15, -0.1) is 16.4 Å². The van der Waals surface area contributed by atoms with Gasteiger partial charge >= 0.3 is 5.63 Å². The summed E-state index contributed by atoms with van der Waals surface area (Å²) in [6, 6.07) is 17.6. The summed E-state index contributed by atoms with van der Waals surface area (Å²) < 4.78 is 7.65. The van der Waals surface area contributed by atoms with Crippen LogP contribution in [0.1, 0.15) is 30.9 Å². The summed E-state index contributed by atoms with van der Waals surface area (Å²) >= 11 is 1.48. The van der Waals surface area contributed by atoms with E-state index in [1.165, 1.54) is 11.3 Å². The molecule has 0 saturated carbocycles. The minimum Gasteiger partial charge on any atom is -0.422 e. The van der Waals surface area contributed by atoms with E-state index < -0.39 is 0 Å². The van der Waals surface area contributed by atoms with Crippen molar-refractivity contribution in [1.29, 1.82) is 0 Å². The number of unbranched alkanes of at least 4 members (excludes halogenated alkanes) is 1. The highest BCUT2D eigenvalue weighted by Crippen LogP contribution is 2.23. The van der Waals surface area contributed by atoms with Crippen molar-refractivity contribution in [3.05, 3.63) is 86.3 Å². The minimum absolute atomic E-state index is 0.339. The van der Waals surface area contributed by atoms with Crippen molar-refractivity contribution in [3.8, 4) is 11.3 Å². The standard InChI is InChI=1S/C24H23N3O2S/c1-3-4-12-27-21(16-30-24(27)26-25-15-18-8-6-5-7-9-18)20-14-19-13-17(2)10-11-22(19)29-23(20)28/h5-11,13-16H,3-4,12H2,1-2H3/b25-15?,26-24+. The molecule has 5 nitrogen and oxygen atoms in total. The van der Waals surface area contributed by atoms with Gasteiger partial charge in [0, 0.05) is 17.3 Å². The van der Waals surface area contributed by atoms with Crippen LogP contribution in [0.2, 0.25) is 0 Å². The molecule has 2 heterocycles. The molecule has 0 saturated heterocycles. The zero-order valence-electron chi connectivity index (χ0n) is 17.0. The summed E-state index contributed by atoms with van der Waals surface area (Å²) in [4.78, 5) is 13.5. The summed E-state index contributed by atoms with van der Waals surface area (Å²) in [6.45, 7) is 4.93. The molecule has 30 heavy (non-hydrogen) atoms. The molecule has 0 aliphatic heterocycles. The Morgan fingerprint density at radius 1 is 1.13 bits per heavy atom. The van der Waals surface area contributed by atoms with E-state index >= 15 is 0 Å². The average molecular weight is 418 g/mol. The fourth-order valence-corrected chi connectivity index (χ4v) is 4.15. The van der Waals surface area contributed by atoms with Crippen molar-refractivity contribution < 1.29 is 4.42 Å². The predicted octanol–water partition coefficient (Wildman–Crippen LogP) is 5.37. The van der Waals surface area contributed by atoms with Crippen LogP contribution in [-0.4, -0.2) is 10.8 Å². The highest BCUT2D eigenvalue weighted by molar-refractivity contribution is 7.07. The summed E-state index contributed by atoms with van der Waals surface area (Å²) in [6.07, 6.45) is 3.76. The van der Waals surface area contributed by atoms with Gasteiger partial charge in [-0.2, -0.15) is 5.10 Å². The molecule has 0 unspecified atom stereocenters. The molecule has 0 fully saturated rings. The second kappa shape index (κ2) is 9.05. The molecule has 4 aromatic rings. The first-order valence-electron chi connectivity index (χ1n) is 10.0. The minimum atomic E-state index is -0.339. The largest absolute Gasteiger partial charge is 0.422 e. The SMILES string of the molecule is CCCCn1c(-c2cc3cc(C)ccc3oc2=O)cs/c1=N/N=Cc1ccccc1. The van der Waals surface area contributed by atoms with Crippen molar-refractivity contribution in [3.63, 3.8) is 0 Å². The molecular formula is C24H23N3O2S. The summed E-state index contributed by atoms with van der Waals surface area (Å²) in [5.74, 6) is 0. The predicted molar refractivity (Wildman–Crippen MR) is 123 cm³/mol. The van der Waals surface area contributed by atoms with Gasteiger partial charge in [0.15, 0.2) is 0 Å². The maximum atomic E-state index is 12.7. The molecule has 0 spiro atoms. The molecule has 0 amide bonds. The van der Waals surface area contributed by atoms with Gasteiger partial charge in [-0.05, 0) is 37.1 Å². The number of nitrogens with zero attached hydrogens (tertiary/aromatic N) is 3. The molecule has 0 aliphatic carbocycles. The molecule has 0 aliphatic rings. The summed E-state index contributed by atoms with van der Waals surface area (Å²) in [5.41, 5.74) is 3.74. The van der Waals surface area contributed by atoms with Crippen LogP contribution >= 0.6 is 11.3 Å². The lowest BCUT2D eigenvalue weighted by Gasteiger charge is -2.08. The Labute approximate surface area is 178 Å². The monoisotopic (exact) mass is 417 g/mol. The van der Waals surface area contributed by atoms with Crippen LogP contribution in [0.25, 0.3) is 22.2 Å². The first-order chi connectivity index (χ1) is 14.7. The van der Waals surface area contributed by atoms with Crippen LogP contribution in [0.15, 0.2) is 79.4 Å². The zero-order chi connectivity index (χ0) is 20.9. The van der Waals surface area contributed by atoms with Gasteiger partial charge in [0.2, 0.25) is 4.80 Å². The lowest BCUT2D eigenvalue weighted by atomic mass is 10.1. The van der Waals surface area contributed by atoms with Gasteiger partial charge in [-0.3, -0.25) is 0 Å². The lowest BCUT2D eigenvalue weighted by Crippen LogP contribution is -2.17. The number of thiazole rings is 1. The van der Waals surface area contributed by atoms with Crippen LogP contribution < -0.4 is 10.4 Å². The third-order valence-electron chi connectivity index (χ3n) is 4.85. The topological polar surface area (TPSA) is 59.9 Å². The number of aryl methyl sites for hydroxylation is 1. The molecule has 0 bridgehead atoms. The van der Waals surface area contributed by atoms with E-state index in [1.807, 2.05) is 66.9 Å². The van der Waals surface area contributed by atoms with E-state index in [0.29, 0.717) is 11.1 Å². The molecule has 2 aromatic heterocycles. The van der Waals surface area contributed by atoms with Crippen LogP contribution in [0.5, 0.6) is 0 Å². The molecule has 2 aromatic carbocycles. The summed E-state index contributed by atoms with van der Waals surface area (Å²) in [7, 11) is 0. The van der Waals surface area contributed by atoms with Gasteiger partial charge in [-0.25, -0.2) is 4.79 Å². The van der Waals surface area contributed by atoms with Crippen molar-refractivity contribution in [1.82, 2.24) is 4.57 Å². The van der Waals surface area contributed by atoms with Gasteiger partial charge in [0.05, 0.1) is 17.5 Å². The van der Waals surface area contributed by atoms with Gasteiger partial charge in [0.25, 0.3) is 0 Å². The van der Waals surface area contributed by atoms with E-state index in [2.05, 4.69) is 21.7 Å². The van der Waals surface area contributed by atoms with Crippen molar-refractivity contribution in [2.24, 2.45) is 10.2 Å². The Kier molecular flexibility index (Phi) is 6.05. The van der Waals surface area contributed by atoms with E-state index in [-0.39, 0.29) is 5.63 Å². The van der Waals surface area contributed by atoms with Crippen LogP contribution in [0.4, 0.5) is 0 Å². The Balaban J connectivity index is 1.80. The first kappa shape index (κ1) is 20.0. The molecule has 6 heteroatoms. The smallest absolute Gasteiger partial charge is 0.345 e. The highest BCUT2D eigenvalue weighted by Gasteiger charge is 2.14. The third-order valence-corrected chi connectivity index (χ3v) is 5.70. The quantitative estimate of drug-likeness (QED) is 0.241. The van der Waals surface area contributed by atoms with Crippen LogP contribution in [0, 0.1) is 6.92 Å². The van der Waals surface area contributed by atoms with Crippen molar-refractivity contribution >= 4 is 28.5 Å². The fraction of sp³-hybridized carbons (Fsp3) is 0.208. The number of hydrogen-bond donors (Lipinski definition) is 0. The Morgan fingerprint density at radius 2 is 1.97 bits per heavy atom. The summed E-state index contributed by atoms with van der Waals surface area (Å²) in [5, 5.41) is 11.6. The lowest BCUT2D eigenvalue weighted by molar-refractivity contribution is 0.560. The van der Waals surface area contributed by atoms with E-state index in [4.69, 9.17) is 4.42 Å². The van der Waals surface area contributed by atoms with Gasteiger partial charge in [0.1, 0.15) is 5.58 Å². The van der Waals surface area contributed by atoms with E-state index in [9.17, 15) is 4.79 Å². The molecular weight excluding hydrogens is 394 g/mol. The van der Waals surface area contributed by atoms with Gasteiger partial charge < -0.3 is 8.98 Å². The van der Waals surface area contributed by atoms with Gasteiger partial charge in [-0.1, -0.05) is 55.3 Å². The highest BCUT2D eigenvalue weighted by atomic mass is 32.1. The maximum absolute atomic E-state index is 12.7.